The maximum absolute atomic E-state index is 15.3. The summed E-state index contributed by atoms with van der Waals surface area (Å²) in [6, 6.07) is 27.8. The zero-order valence-electron chi connectivity index (χ0n) is 36.0. The molecule has 330 valence electrons. The molecule has 0 unspecified atom stereocenters. The van der Waals surface area contributed by atoms with E-state index in [1.165, 1.54) is 44.6 Å². The molecule has 2 aliphatic rings. The van der Waals surface area contributed by atoms with E-state index in [0.29, 0.717) is 103 Å². The molecule has 16 heteroatoms. The number of piperidine rings is 2. The molecule has 0 aliphatic carbocycles. The van der Waals surface area contributed by atoms with Crippen molar-refractivity contribution in [2.75, 3.05) is 50.2 Å². The van der Waals surface area contributed by atoms with Crippen LogP contribution in [0.15, 0.2) is 78.9 Å². The van der Waals surface area contributed by atoms with Gasteiger partial charge in [-0.2, -0.15) is 21.0 Å². The van der Waals surface area contributed by atoms with Crippen molar-refractivity contribution in [2.45, 2.75) is 37.8 Å². The van der Waals surface area contributed by atoms with Crippen molar-refractivity contribution in [1.82, 2.24) is 9.97 Å². The number of anilines is 2. The van der Waals surface area contributed by atoms with Crippen molar-refractivity contribution < 1.29 is 28.1 Å². The Bertz CT molecular complexity index is 3050. The fourth-order valence-corrected chi connectivity index (χ4v) is 8.33. The minimum atomic E-state index is -0.761. The average Bonchev–Trinajstić information content (AvgIpc) is 3.33. The highest BCUT2D eigenvalue weighted by atomic mass is 19.1. The number of phenolic OH excluding ortho intramolecular Hbond substituents is 1. The van der Waals surface area contributed by atoms with Gasteiger partial charge in [0.15, 0.2) is 23.0 Å². The van der Waals surface area contributed by atoms with Gasteiger partial charge in [0.05, 0.1) is 47.9 Å². The fraction of sp³-hybridized carbons (Fsp3) is 0.240. The van der Waals surface area contributed by atoms with Crippen LogP contribution in [-0.2, 0) is 0 Å². The number of ether oxygens (including phenoxy) is 3. The molecule has 4 heterocycles. The Morgan fingerprint density at radius 2 is 1.02 bits per heavy atom. The van der Waals surface area contributed by atoms with Gasteiger partial charge in [0.25, 0.3) is 0 Å². The summed E-state index contributed by atoms with van der Waals surface area (Å²) in [4.78, 5) is 14.0. The van der Waals surface area contributed by atoms with Crippen molar-refractivity contribution in [1.29, 1.82) is 21.0 Å². The predicted molar refractivity (Wildman–Crippen MR) is 243 cm³/mol. The molecular formula is C50H42F2N10O4. The summed E-state index contributed by atoms with van der Waals surface area (Å²) in [5.74, 6) is -0.664. The quantitative estimate of drug-likeness (QED) is 0.118. The van der Waals surface area contributed by atoms with Crippen molar-refractivity contribution in [3.05, 3.63) is 113 Å². The largest absolute Gasteiger partial charge is 0.504 e. The first kappa shape index (κ1) is 44.3. The molecule has 0 bridgehead atoms. The van der Waals surface area contributed by atoms with Gasteiger partial charge in [-0.3, -0.25) is 0 Å². The summed E-state index contributed by atoms with van der Waals surface area (Å²) < 4.78 is 48.5. The molecule has 0 radical (unpaired) electrons. The zero-order chi connectivity index (χ0) is 46.6. The van der Waals surface area contributed by atoms with Gasteiger partial charge in [0.1, 0.15) is 47.5 Å². The number of phenols is 1. The lowest BCUT2D eigenvalue weighted by molar-refractivity contribution is 0.339. The first-order chi connectivity index (χ1) is 32.0. The second-order valence-corrected chi connectivity index (χ2v) is 16.0. The van der Waals surface area contributed by atoms with E-state index in [-0.39, 0.29) is 68.8 Å². The zero-order valence-corrected chi connectivity index (χ0v) is 36.0. The van der Waals surface area contributed by atoms with E-state index in [0.717, 1.165) is 0 Å². The molecule has 66 heavy (non-hydrogen) atoms. The molecule has 5 N–H and O–H groups in total. The Morgan fingerprint density at radius 1 is 0.561 bits per heavy atom. The van der Waals surface area contributed by atoms with Crippen LogP contribution >= 0.6 is 0 Å². The molecular weight excluding hydrogens is 843 g/mol. The molecule has 8 rings (SSSR count). The molecule has 2 aromatic heterocycles. The molecule has 0 amide bonds. The minimum Gasteiger partial charge on any atom is -0.504 e. The van der Waals surface area contributed by atoms with Crippen molar-refractivity contribution in [3.63, 3.8) is 0 Å². The van der Waals surface area contributed by atoms with Crippen LogP contribution in [0.5, 0.6) is 28.7 Å². The van der Waals surface area contributed by atoms with Gasteiger partial charge in [0.2, 0.25) is 5.75 Å². The second kappa shape index (κ2) is 18.8. The predicted octanol–water partition coefficient (Wildman–Crippen LogP) is 8.28. The van der Waals surface area contributed by atoms with Crippen molar-refractivity contribution >= 4 is 11.6 Å². The number of pyridine rings is 2. The topological polar surface area (TPSA) is 227 Å². The van der Waals surface area contributed by atoms with E-state index < -0.39 is 11.6 Å². The smallest absolute Gasteiger partial charge is 0.203 e. The summed E-state index contributed by atoms with van der Waals surface area (Å²) in [6.45, 7) is 2.21. The van der Waals surface area contributed by atoms with Crippen LogP contribution in [-0.4, -0.2) is 67.6 Å². The molecule has 2 fully saturated rings. The number of nitrogens with two attached hydrogens (primary N) is 2. The highest BCUT2D eigenvalue weighted by molar-refractivity contribution is 5.87. The minimum absolute atomic E-state index is 0.00432. The lowest BCUT2D eigenvalue weighted by Crippen LogP contribution is -2.40. The highest BCUT2D eigenvalue weighted by Crippen LogP contribution is 2.48. The Kier molecular flexibility index (Phi) is 12.6. The molecule has 0 saturated carbocycles. The van der Waals surface area contributed by atoms with Crippen LogP contribution in [0.25, 0.3) is 44.8 Å². The SMILES string of the molecule is COc1ccc(-c2nc(N3CCC(N)CC3)c(C#N)cc2-c2ccc(C#N)c(F)c2)cc1Oc1cc(-c2cc(C#N)c(N3CCC(N)CC3)nc2-c2ccc(C#N)c(F)c2)cc(O)c1OC. The first-order valence-corrected chi connectivity index (χ1v) is 21.1. The van der Waals surface area contributed by atoms with Crippen LogP contribution in [0, 0.1) is 57.0 Å². The van der Waals surface area contributed by atoms with E-state index >= 15 is 8.78 Å². The Hall–Kier alpha value is -8.28. The molecule has 14 nitrogen and oxygen atoms in total. The van der Waals surface area contributed by atoms with Gasteiger partial charge >= 0.3 is 0 Å². The molecule has 2 saturated heterocycles. The summed E-state index contributed by atoms with van der Waals surface area (Å²) in [5, 5.41) is 51.3. The third-order valence-electron chi connectivity index (χ3n) is 11.9. The lowest BCUT2D eigenvalue weighted by atomic mass is 9.95. The summed E-state index contributed by atoms with van der Waals surface area (Å²) in [6.07, 6.45) is 2.74. The number of nitrogens with zero attached hydrogens (tertiary/aromatic N) is 8. The van der Waals surface area contributed by atoms with Crippen molar-refractivity contribution in [2.24, 2.45) is 11.5 Å². The van der Waals surface area contributed by atoms with Crippen LogP contribution in [0.1, 0.15) is 47.9 Å². The van der Waals surface area contributed by atoms with Crippen LogP contribution in [0.3, 0.4) is 0 Å². The van der Waals surface area contributed by atoms with Crippen LogP contribution in [0.2, 0.25) is 0 Å². The Morgan fingerprint density at radius 3 is 1.50 bits per heavy atom. The van der Waals surface area contributed by atoms with Crippen LogP contribution < -0.4 is 35.5 Å². The number of rotatable bonds is 10. The number of methoxy groups -OCH3 is 2. The van der Waals surface area contributed by atoms with Gasteiger partial charge in [-0.25, -0.2) is 18.7 Å². The van der Waals surface area contributed by atoms with Crippen molar-refractivity contribution in [3.8, 4) is 97.8 Å². The molecule has 2 aliphatic heterocycles. The number of nitriles is 4. The maximum atomic E-state index is 15.3. The number of aromatic nitrogens is 2. The Labute approximate surface area is 379 Å². The summed E-state index contributed by atoms with van der Waals surface area (Å²) in [5.41, 5.74) is 15.5. The van der Waals surface area contributed by atoms with E-state index in [1.54, 1.807) is 48.5 Å². The molecule has 0 spiro atoms. The summed E-state index contributed by atoms with van der Waals surface area (Å²) >= 11 is 0. The molecule has 6 aromatic rings. The number of aromatic hydroxyl groups is 1. The third kappa shape index (κ3) is 8.67. The van der Waals surface area contributed by atoms with Gasteiger partial charge < -0.3 is 40.6 Å². The van der Waals surface area contributed by atoms with E-state index in [2.05, 4.69) is 12.1 Å². The maximum Gasteiger partial charge on any atom is 0.203 e. The van der Waals surface area contributed by atoms with E-state index in [9.17, 15) is 26.2 Å². The number of hydrogen-bond acceptors (Lipinski definition) is 14. The second-order valence-electron chi connectivity index (χ2n) is 16.0. The average molecular weight is 885 g/mol. The van der Waals surface area contributed by atoms with E-state index in [1.807, 2.05) is 21.9 Å². The number of hydrogen-bond donors (Lipinski definition) is 3. The normalized spacial score (nSPS) is 14.2. The standard InChI is InChI=1S/C50H42F2N10O4/c1-64-43-8-7-30(47-38(28-3-5-31(24-53)40(51)19-28)17-34(26-55)49(60-47)61-13-9-36(57)10-14-61)22-44(43)66-45-23-33(21-42(63)48(45)65-2)39-18-35(27-56)50(62-15-11-37(58)12-16-62)59-46(39)29-4-6-32(25-54)41(52)20-29/h3-8,17-23,36-37,63H,9-16,57-58H2,1-2H3. The molecule has 4 aromatic carbocycles. The third-order valence-corrected chi connectivity index (χ3v) is 11.9. The van der Waals surface area contributed by atoms with E-state index in [4.69, 9.17) is 35.6 Å². The van der Waals surface area contributed by atoms with Gasteiger partial charge in [-0.15, -0.1) is 0 Å². The van der Waals surface area contributed by atoms with Crippen LogP contribution in [0.4, 0.5) is 20.4 Å². The fourth-order valence-electron chi connectivity index (χ4n) is 8.33. The van der Waals surface area contributed by atoms with Gasteiger partial charge in [0, 0.05) is 60.5 Å². The monoisotopic (exact) mass is 884 g/mol. The summed E-state index contributed by atoms with van der Waals surface area (Å²) in [7, 11) is 2.81. The number of benzene rings is 4. The number of halogens is 2. The van der Waals surface area contributed by atoms with Gasteiger partial charge in [-0.05, 0) is 104 Å². The Balaban J connectivity index is 1.28. The van der Waals surface area contributed by atoms with Gasteiger partial charge in [-0.1, -0.05) is 12.1 Å². The lowest BCUT2D eigenvalue weighted by Gasteiger charge is -2.32. The highest BCUT2D eigenvalue weighted by Gasteiger charge is 2.27. The molecule has 0 atom stereocenters. The first-order valence-electron chi connectivity index (χ1n) is 21.1.